The van der Waals surface area contributed by atoms with Gasteiger partial charge in [-0.3, -0.25) is 14.4 Å². The van der Waals surface area contributed by atoms with Crippen molar-refractivity contribution in [3.05, 3.63) is 30.3 Å². The second-order valence-electron chi connectivity index (χ2n) is 8.61. The summed E-state index contributed by atoms with van der Waals surface area (Å²) in [5.74, 6) is -0.780. The van der Waals surface area contributed by atoms with Crippen molar-refractivity contribution in [2.75, 3.05) is 25.0 Å². The summed E-state index contributed by atoms with van der Waals surface area (Å²) in [6.45, 7) is 1.92. The van der Waals surface area contributed by atoms with Gasteiger partial charge in [0.25, 0.3) is 0 Å². The molecule has 0 radical (unpaired) electrons. The van der Waals surface area contributed by atoms with Gasteiger partial charge in [-0.2, -0.15) is 0 Å². The van der Waals surface area contributed by atoms with Gasteiger partial charge >= 0.3 is 11.8 Å². The van der Waals surface area contributed by atoms with Gasteiger partial charge in [-0.1, -0.05) is 31.0 Å². The van der Waals surface area contributed by atoms with E-state index in [9.17, 15) is 14.4 Å². The number of carbonyl (C=O) groups is 3. The zero-order chi connectivity index (χ0) is 19.6. The second-order valence-corrected chi connectivity index (χ2v) is 8.61. The summed E-state index contributed by atoms with van der Waals surface area (Å²) in [5, 5.41) is 2.70. The Balaban J connectivity index is 1.42. The van der Waals surface area contributed by atoms with Gasteiger partial charge in [-0.15, -0.1) is 0 Å². The lowest BCUT2D eigenvalue weighted by atomic mass is 9.73. The standard InChI is InChI=1S/C22H29N3O3/c26-19-11-13-22(16-25(19)18-9-4-5-10-18)12-6-14-24(15-22)21(28)20(27)23-17-7-2-1-3-8-17/h1-3,7-8,18H,4-6,9-16H2,(H,23,27)/t22-/m1/s1. The van der Waals surface area contributed by atoms with E-state index in [1.54, 1.807) is 17.0 Å². The summed E-state index contributed by atoms with van der Waals surface area (Å²) in [4.78, 5) is 41.5. The smallest absolute Gasteiger partial charge is 0.313 e. The van der Waals surface area contributed by atoms with Gasteiger partial charge in [0, 0.05) is 43.2 Å². The van der Waals surface area contributed by atoms with Crippen molar-refractivity contribution in [3.63, 3.8) is 0 Å². The summed E-state index contributed by atoms with van der Waals surface area (Å²) in [7, 11) is 0. The van der Waals surface area contributed by atoms with Crippen LogP contribution in [0.4, 0.5) is 5.69 Å². The molecule has 1 spiro atoms. The van der Waals surface area contributed by atoms with Crippen molar-refractivity contribution < 1.29 is 14.4 Å². The normalized spacial score (nSPS) is 25.9. The van der Waals surface area contributed by atoms with Crippen LogP contribution in [0.1, 0.15) is 51.4 Å². The van der Waals surface area contributed by atoms with Gasteiger partial charge in [-0.25, -0.2) is 0 Å². The molecule has 3 fully saturated rings. The second kappa shape index (κ2) is 7.94. The Morgan fingerprint density at radius 3 is 2.50 bits per heavy atom. The molecule has 0 unspecified atom stereocenters. The van der Waals surface area contributed by atoms with Crippen LogP contribution < -0.4 is 5.32 Å². The first-order valence-corrected chi connectivity index (χ1v) is 10.5. The fourth-order valence-corrected chi connectivity index (χ4v) is 5.16. The molecule has 0 bridgehead atoms. The lowest BCUT2D eigenvalue weighted by Crippen LogP contribution is -2.57. The number of benzene rings is 1. The molecule has 1 aromatic rings. The number of hydrogen-bond acceptors (Lipinski definition) is 3. The summed E-state index contributed by atoms with van der Waals surface area (Å²) < 4.78 is 0. The molecule has 4 rings (SSSR count). The van der Waals surface area contributed by atoms with E-state index >= 15 is 0 Å². The number of likely N-dealkylation sites (tertiary alicyclic amines) is 2. The summed E-state index contributed by atoms with van der Waals surface area (Å²) in [6.07, 6.45) is 7.89. The third-order valence-corrected chi connectivity index (χ3v) is 6.64. The van der Waals surface area contributed by atoms with Crippen molar-refractivity contribution in [2.45, 2.75) is 57.4 Å². The number of nitrogens with one attached hydrogen (secondary N) is 1. The zero-order valence-corrected chi connectivity index (χ0v) is 16.4. The number of hydrogen-bond donors (Lipinski definition) is 1. The Labute approximate surface area is 166 Å². The Morgan fingerprint density at radius 2 is 1.75 bits per heavy atom. The minimum absolute atomic E-state index is 0.0581. The van der Waals surface area contributed by atoms with Crippen LogP contribution in [0.5, 0.6) is 0 Å². The molecule has 2 heterocycles. The molecule has 3 amide bonds. The van der Waals surface area contributed by atoms with Crippen LogP contribution in [-0.2, 0) is 14.4 Å². The lowest BCUT2D eigenvalue weighted by molar-refractivity contribution is -0.149. The molecular weight excluding hydrogens is 354 g/mol. The van der Waals surface area contributed by atoms with Crippen molar-refractivity contribution in [1.82, 2.24) is 9.80 Å². The molecule has 1 aromatic carbocycles. The Morgan fingerprint density at radius 1 is 1.00 bits per heavy atom. The van der Waals surface area contributed by atoms with E-state index < -0.39 is 11.8 Å². The van der Waals surface area contributed by atoms with Gasteiger partial charge in [0.05, 0.1) is 0 Å². The fraction of sp³-hybridized carbons (Fsp3) is 0.591. The molecular formula is C22H29N3O3. The molecule has 6 nitrogen and oxygen atoms in total. The van der Waals surface area contributed by atoms with Crippen LogP contribution in [0.15, 0.2) is 30.3 Å². The maximum Gasteiger partial charge on any atom is 0.313 e. The monoisotopic (exact) mass is 383 g/mol. The highest BCUT2D eigenvalue weighted by Gasteiger charge is 2.45. The van der Waals surface area contributed by atoms with E-state index in [1.807, 2.05) is 18.2 Å². The highest BCUT2D eigenvalue weighted by atomic mass is 16.2. The van der Waals surface area contributed by atoms with E-state index in [1.165, 1.54) is 12.8 Å². The number of rotatable bonds is 2. The van der Waals surface area contributed by atoms with Gasteiger partial charge in [0.1, 0.15) is 0 Å². The average Bonchev–Trinajstić information content (AvgIpc) is 3.25. The molecule has 1 aliphatic carbocycles. The highest BCUT2D eigenvalue weighted by molar-refractivity contribution is 6.39. The quantitative estimate of drug-likeness (QED) is 0.799. The van der Waals surface area contributed by atoms with Crippen LogP contribution in [-0.4, -0.2) is 53.2 Å². The molecule has 1 atom stereocenters. The Bertz CT molecular complexity index is 745. The first-order valence-electron chi connectivity index (χ1n) is 10.5. The Kier molecular flexibility index (Phi) is 5.38. The molecule has 6 heteroatoms. The summed E-state index contributed by atoms with van der Waals surface area (Å²) in [6, 6.07) is 9.44. The van der Waals surface area contributed by atoms with Crippen LogP contribution in [0, 0.1) is 5.41 Å². The molecule has 2 saturated heterocycles. The third-order valence-electron chi connectivity index (χ3n) is 6.64. The third kappa shape index (κ3) is 3.91. The van der Waals surface area contributed by atoms with Crippen LogP contribution in [0.2, 0.25) is 0 Å². The van der Waals surface area contributed by atoms with Crippen molar-refractivity contribution >= 4 is 23.4 Å². The van der Waals surface area contributed by atoms with Crippen LogP contribution in [0.25, 0.3) is 0 Å². The van der Waals surface area contributed by atoms with Gasteiger partial charge in [0.2, 0.25) is 5.91 Å². The fourth-order valence-electron chi connectivity index (χ4n) is 5.16. The topological polar surface area (TPSA) is 69.7 Å². The molecule has 3 aliphatic rings. The molecule has 2 aliphatic heterocycles. The number of carbonyl (C=O) groups excluding carboxylic acids is 3. The predicted molar refractivity (Wildman–Crippen MR) is 107 cm³/mol. The van der Waals surface area contributed by atoms with Crippen LogP contribution >= 0.6 is 0 Å². The van der Waals surface area contributed by atoms with Gasteiger partial charge < -0.3 is 15.1 Å². The molecule has 28 heavy (non-hydrogen) atoms. The average molecular weight is 383 g/mol. The highest BCUT2D eigenvalue weighted by Crippen LogP contribution is 2.41. The van der Waals surface area contributed by atoms with E-state index in [0.29, 0.717) is 31.2 Å². The molecule has 1 saturated carbocycles. The molecule has 0 aromatic heterocycles. The number of amides is 3. The van der Waals surface area contributed by atoms with Crippen LogP contribution in [0.3, 0.4) is 0 Å². The SMILES string of the molecule is O=C(Nc1ccccc1)C(=O)N1CCC[C@@]2(CCC(=O)N(C3CCCC3)C2)C1. The maximum absolute atomic E-state index is 12.8. The van der Waals surface area contributed by atoms with E-state index in [2.05, 4.69) is 10.2 Å². The minimum Gasteiger partial charge on any atom is -0.339 e. The number of nitrogens with zero attached hydrogens (tertiary/aromatic N) is 2. The zero-order valence-electron chi connectivity index (χ0n) is 16.4. The summed E-state index contributed by atoms with van der Waals surface area (Å²) >= 11 is 0. The van der Waals surface area contributed by atoms with E-state index in [0.717, 1.165) is 38.6 Å². The molecule has 150 valence electrons. The van der Waals surface area contributed by atoms with Crippen molar-refractivity contribution in [3.8, 4) is 0 Å². The number of anilines is 1. The largest absolute Gasteiger partial charge is 0.339 e. The number of piperidine rings is 2. The van der Waals surface area contributed by atoms with E-state index in [-0.39, 0.29) is 11.3 Å². The minimum atomic E-state index is -0.581. The number of para-hydroxylation sites is 1. The Hall–Kier alpha value is -2.37. The maximum atomic E-state index is 12.8. The first kappa shape index (κ1) is 19.0. The lowest BCUT2D eigenvalue weighted by Gasteiger charge is -2.49. The van der Waals surface area contributed by atoms with Crippen molar-refractivity contribution in [2.24, 2.45) is 5.41 Å². The van der Waals surface area contributed by atoms with E-state index in [4.69, 9.17) is 0 Å². The predicted octanol–water partition coefficient (Wildman–Crippen LogP) is 2.80. The first-order chi connectivity index (χ1) is 13.6. The molecule has 1 N–H and O–H groups in total. The summed E-state index contributed by atoms with van der Waals surface area (Å²) in [5.41, 5.74) is 0.570. The van der Waals surface area contributed by atoms with Gasteiger partial charge in [-0.05, 0) is 44.2 Å². The van der Waals surface area contributed by atoms with Crippen molar-refractivity contribution in [1.29, 1.82) is 0 Å². The van der Waals surface area contributed by atoms with Gasteiger partial charge in [0.15, 0.2) is 0 Å².